The van der Waals surface area contributed by atoms with Crippen LogP contribution in [-0.2, 0) is 16.0 Å². The van der Waals surface area contributed by atoms with Crippen molar-refractivity contribution in [3.8, 4) is 16.3 Å². The summed E-state index contributed by atoms with van der Waals surface area (Å²) in [5.74, 6) is -3.55. The number of ether oxygens (including phenoxy) is 1. The number of aromatic nitrogens is 3. The van der Waals surface area contributed by atoms with Crippen LogP contribution in [0.25, 0.3) is 10.6 Å². The number of rotatable bonds is 5. The first-order valence-corrected chi connectivity index (χ1v) is 13.6. The molecular formula is C27H29F2N5O5S. The van der Waals surface area contributed by atoms with Crippen LogP contribution < -0.4 is 10.4 Å². The molecule has 0 bridgehead atoms. The smallest absolute Gasteiger partial charge is 0.309 e. The summed E-state index contributed by atoms with van der Waals surface area (Å²) < 4.78 is 34.0. The highest BCUT2D eigenvalue weighted by molar-refractivity contribution is 7.14. The number of amides is 1. The van der Waals surface area contributed by atoms with Gasteiger partial charge in [0.05, 0.1) is 18.6 Å². The third kappa shape index (κ3) is 4.14. The van der Waals surface area contributed by atoms with Gasteiger partial charge in [0, 0.05) is 38.7 Å². The second-order valence-electron chi connectivity index (χ2n) is 10.8. The topological polar surface area (TPSA) is 118 Å². The van der Waals surface area contributed by atoms with E-state index in [1.54, 1.807) is 23.9 Å². The third-order valence-corrected chi connectivity index (χ3v) is 9.07. The van der Waals surface area contributed by atoms with Crippen LogP contribution in [0.2, 0.25) is 0 Å². The highest BCUT2D eigenvalue weighted by Gasteiger charge is 2.61. The molecule has 1 N–H and O–H groups in total. The number of carbonyl (C=O) groups is 2. The van der Waals surface area contributed by atoms with Crippen LogP contribution in [0, 0.1) is 23.0 Å². The fourth-order valence-corrected chi connectivity index (χ4v) is 6.96. The van der Waals surface area contributed by atoms with E-state index in [1.165, 1.54) is 24.0 Å². The number of halogens is 2. The van der Waals surface area contributed by atoms with Gasteiger partial charge in [-0.3, -0.25) is 24.1 Å². The van der Waals surface area contributed by atoms with Crippen LogP contribution in [-0.4, -0.2) is 63.1 Å². The van der Waals surface area contributed by atoms with Crippen LogP contribution in [0.4, 0.5) is 8.78 Å². The van der Waals surface area contributed by atoms with E-state index in [1.807, 2.05) is 13.8 Å². The van der Waals surface area contributed by atoms with Crippen molar-refractivity contribution in [2.24, 2.45) is 11.3 Å². The van der Waals surface area contributed by atoms with E-state index in [4.69, 9.17) is 4.74 Å². The van der Waals surface area contributed by atoms with Gasteiger partial charge in [0.2, 0.25) is 5.43 Å². The van der Waals surface area contributed by atoms with Gasteiger partial charge in [0.25, 0.3) is 5.91 Å². The number of benzene rings is 1. The minimum absolute atomic E-state index is 0.00565. The molecule has 3 aromatic rings. The Bertz CT molecular complexity index is 1590. The number of hydrogen-bond acceptors (Lipinski definition) is 9. The Morgan fingerprint density at radius 1 is 1.25 bits per heavy atom. The number of pyridine rings is 1. The number of fused-ring (bicyclic) bond motifs is 1. The Hall–Kier alpha value is -3.87. The van der Waals surface area contributed by atoms with E-state index in [9.17, 15) is 28.3 Å². The lowest BCUT2D eigenvalue weighted by atomic mass is 9.82. The van der Waals surface area contributed by atoms with Crippen molar-refractivity contribution < 1.29 is 28.2 Å². The van der Waals surface area contributed by atoms with Gasteiger partial charge in [-0.25, -0.2) is 8.78 Å². The Kier molecular flexibility index (Phi) is 6.68. The van der Waals surface area contributed by atoms with Gasteiger partial charge in [-0.2, -0.15) is 0 Å². The van der Waals surface area contributed by atoms with Crippen molar-refractivity contribution in [2.45, 2.75) is 45.7 Å². The largest absolute Gasteiger partial charge is 0.502 e. The lowest BCUT2D eigenvalue weighted by molar-refractivity contribution is -0.148. The maximum absolute atomic E-state index is 14.2. The average Bonchev–Trinajstić information content (AvgIpc) is 3.47. The third-order valence-electron chi connectivity index (χ3n) is 8.11. The van der Waals surface area contributed by atoms with Crippen molar-refractivity contribution in [1.82, 2.24) is 19.8 Å². The van der Waals surface area contributed by atoms with Gasteiger partial charge < -0.3 is 14.7 Å². The molecule has 1 aliphatic heterocycles. The van der Waals surface area contributed by atoms with Crippen molar-refractivity contribution >= 4 is 23.2 Å². The Morgan fingerprint density at radius 3 is 2.62 bits per heavy atom. The monoisotopic (exact) mass is 573 g/mol. The zero-order valence-corrected chi connectivity index (χ0v) is 23.5. The van der Waals surface area contributed by atoms with Crippen molar-refractivity contribution in [3.63, 3.8) is 0 Å². The molecule has 212 valence electrons. The molecule has 0 saturated heterocycles. The summed E-state index contributed by atoms with van der Waals surface area (Å²) in [4.78, 5) is 41.3. The first-order chi connectivity index (χ1) is 18.8. The van der Waals surface area contributed by atoms with Gasteiger partial charge in [-0.1, -0.05) is 31.3 Å². The van der Waals surface area contributed by atoms with E-state index < -0.39 is 45.7 Å². The van der Waals surface area contributed by atoms with Crippen LogP contribution in [0.3, 0.4) is 0 Å². The van der Waals surface area contributed by atoms with Gasteiger partial charge in [0.1, 0.15) is 22.3 Å². The first-order valence-electron chi connectivity index (χ1n) is 12.7. The number of methoxy groups -OCH3 is 1. The van der Waals surface area contributed by atoms with E-state index in [0.717, 1.165) is 23.5 Å². The number of hydrogen-bond donors (Lipinski definition) is 1. The zero-order valence-electron chi connectivity index (χ0n) is 22.7. The van der Waals surface area contributed by atoms with Crippen molar-refractivity contribution in [2.75, 3.05) is 25.7 Å². The maximum atomic E-state index is 14.2. The van der Waals surface area contributed by atoms with E-state index in [2.05, 4.69) is 10.2 Å². The summed E-state index contributed by atoms with van der Waals surface area (Å²) in [5, 5.41) is 21.5. The highest BCUT2D eigenvalue weighted by Crippen LogP contribution is 2.53. The normalized spacial score (nSPS) is 21.7. The van der Waals surface area contributed by atoms with Gasteiger partial charge in [-0.15, -0.1) is 10.2 Å². The summed E-state index contributed by atoms with van der Waals surface area (Å²) in [6.45, 7) is 5.98. The molecule has 1 saturated carbocycles. The minimum atomic E-state index is -0.938. The molecule has 2 unspecified atom stereocenters. The quantitative estimate of drug-likeness (QED) is 0.462. The Morgan fingerprint density at radius 2 is 1.98 bits per heavy atom. The molecule has 1 aliphatic carbocycles. The standard InChI is InChI=1S/C27H29F2N5O5S/c1-6-33-24(37)20-22(36)21(35)16(23-31-30-19(40-23)9-14-7-8-15(28)10-18(14)29)12-34(20)32(4)27(33)11-17(25(38)39-5)26(2,3)13-27/h7-8,10,12,17,36H,6,9,11,13H2,1-5H3. The summed E-state index contributed by atoms with van der Waals surface area (Å²) in [6.07, 6.45) is 2.19. The molecule has 2 atom stereocenters. The van der Waals surface area contributed by atoms with Crippen LogP contribution >= 0.6 is 11.3 Å². The van der Waals surface area contributed by atoms with Crippen LogP contribution in [0.5, 0.6) is 5.75 Å². The predicted octanol–water partition coefficient (Wildman–Crippen LogP) is 3.29. The highest BCUT2D eigenvalue weighted by atomic mass is 32.1. The zero-order chi connectivity index (χ0) is 29.1. The second-order valence-corrected chi connectivity index (χ2v) is 11.9. The fourth-order valence-electron chi connectivity index (χ4n) is 6.09. The second kappa shape index (κ2) is 9.65. The van der Waals surface area contributed by atoms with Crippen molar-refractivity contribution in [1.29, 1.82) is 0 Å². The molecule has 3 heterocycles. The molecule has 10 nitrogen and oxygen atoms in total. The molecule has 0 radical (unpaired) electrons. The molecule has 1 fully saturated rings. The fraction of sp³-hybridized carbons (Fsp3) is 0.444. The number of aromatic hydroxyl groups is 1. The van der Waals surface area contributed by atoms with E-state index in [-0.39, 0.29) is 47.2 Å². The van der Waals surface area contributed by atoms with Gasteiger partial charge in [0.15, 0.2) is 16.5 Å². The SMILES string of the molecule is CCN1C(=O)c2c(O)c(=O)c(-c3nnc(Cc4ccc(F)cc4F)s3)cn2N(C)C12CC(C(=O)OC)C(C)(C)C2. The molecule has 1 spiro atoms. The summed E-state index contributed by atoms with van der Waals surface area (Å²) in [7, 11) is 3.08. The molecule has 13 heteroatoms. The summed E-state index contributed by atoms with van der Waals surface area (Å²) >= 11 is 1.02. The van der Waals surface area contributed by atoms with Gasteiger partial charge in [-0.05, 0) is 30.4 Å². The van der Waals surface area contributed by atoms with E-state index >= 15 is 0 Å². The summed E-state index contributed by atoms with van der Waals surface area (Å²) in [5.41, 5.74) is -2.22. The molecule has 5 rings (SSSR count). The molecule has 40 heavy (non-hydrogen) atoms. The molecular weight excluding hydrogens is 544 g/mol. The van der Waals surface area contributed by atoms with Crippen LogP contribution in [0.15, 0.2) is 29.2 Å². The Labute approximate surface area is 232 Å². The molecule has 2 aromatic heterocycles. The average molecular weight is 574 g/mol. The van der Waals surface area contributed by atoms with E-state index in [0.29, 0.717) is 11.4 Å². The first kappa shape index (κ1) is 27.7. The van der Waals surface area contributed by atoms with Crippen LogP contribution in [0.1, 0.15) is 54.7 Å². The molecule has 1 amide bonds. The maximum Gasteiger partial charge on any atom is 0.309 e. The minimum Gasteiger partial charge on any atom is -0.502 e. The van der Waals surface area contributed by atoms with Crippen molar-refractivity contribution in [3.05, 3.63) is 62.5 Å². The molecule has 2 aliphatic rings. The predicted molar refractivity (Wildman–Crippen MR) is 143 cm³/mol. The van der Waals surface area contributed by atoms with Gasteiger partial charge >= 0.3 is 5.97 Å². The number of nitrogens with zero attached hydrogens (tertiary/aromatic N) is 5. The lowest BCUT2D eigenvalue weighted by Gasteiger charge is -2.53. The lowest BCUT2D eigenvalue weighted by Crippen LogP contribution is -2.68. The number of esters is 1. The molecule has 1 aromatic carbocycles. The number of carbonyl (C=O) groups excluding carboxylic acids is 2. The summed E-state index contributed by atoms with van der Waals surface area (Å²) in [6, 6.07) is 3.24. The Balaban J connectivity index is 1.58.